The number of oxazole rings is 1. The maximum Gasteiger partial charge on any atom is 0.335 e. The molecule has 0 amide bonds. The van der Waals surface area contributed by atoms with E-state index in [1.807, 2.05) is 0 Å². The summed E-state index contributed by atoms with van der Waals surface area (Å²) in [6, 6.07) is 8.48. The molecule has 6 heteroatoms. The van der Waals surface area contributed by atoms with E-state index in [1.54, 1.807) is 0 Å². The molecule has 1 N–H and O–H groups in total. The van der Waals surface area contributed by atoms with Gasteiger partial charge in [0, 0.05) is 5.56 Å². The molecule has 0 saturated heterocycles. The molecule has 0 atom stereocenters. The summed E-state index contributed by atoms with van der Waals surface area (Å²) < 4.78 is 18.6. The second kappa shape index (κ2) is 4.61. The van der Waals surface area contributed by atoms with Crippen molar-refractivity contribution in [1.82, 2.24) is 4.98 Å². The maximum atomic E-state index is 13.1. The molecule has 1 aromatic heterocycles. The van der Waals surface area contributed by atoms with Crippen LogP contribution in [0.25, 0.3) is 22.6 Å². The van der Waals surface area contributed by atoms with Gasteiger partial charge in [0.05, 0.1) is 10.6 Å². The highest BCUT2D eigenvalue weighted by atomic mass is 35.5. The van der Waals surface area contributed by atoms with Crippen LogP contribution in [0.4, 0.5) is 4.39 Å². The Labute approximate surface area is 117 Å². The first-order valence-corrected chi connectivity index (χ1v) is 6.02. The van der Waals surface area contributed by atoms with E-state index in [2.05, 4.69) is 4.98 Å². The maximum absolute atomic E-state index is 13.1. The Morgan fingerprint density at radius 1 is 1.25 bits per heavy atom. The Hall–Kier alpha value is -2.40. The fraction of sp³-hybridized carbons (Fsp3) is 0. The van der Waals surface area contributed by atoms with Gasteiger partial charge in [-0.3, -0.25) is 0 Å². The van der Waals surface area contributed by atoms with Crippen molar-refractivity contribution >= 4 is 28.7 Å². The molecule has 0 saturated carbocycles. The van der Waals surface area contributed by atoms with Gasteiger partial charge in [0.25, 0.3) is 0 Å². The van der Waals surface area contributed by atoms with E-state index in [4.69, 9.17) is 21.1 Å². The number of hydrogen-bond acceptors (Lipinski definition) is 3. The number of carboxylic acid groups (broad SMARTS) is 1. The van der Waals surface area contributed by atoms with Crippen LogP contribution in [0.15, 0.2) is 40.8 Å². The molecular formula is C14H7ClFNO3. The van der Waals surface area contributed by atoms with Crippen LogP contribution in [0.2, 0.25) is 5.02 Å². The van der Waals surface area contributed by atoms with E-state index in [9.17, 15) is 9.18 Å². The Balaban J connectivity index is 2.12. The predicted octanol–water partition coefficient (Wildman–Crippen LogP) is 3.99. The number of rotatable bonds is 2. The lowest BCUT2D eigenvalue weighted by atomic mass is 10.2. The smallest absolute Gasteiger partial charge is 0.335 e. The highest BCUT2D eigenvalue weighted by Gasteiger charge is 2.12. The minimum atomic E-state index is -1.04. The minimum Gasteiger partial charge on any atom is -0.478 e. The van der Waals surface area contributed by atoms with Crippen LogP contribution in [0, 0.1) is 5.82 Å². The van der Waals surface area contributed by atoms with Crippen molar-refractivity contribution in [3.63, 3.8) is 0 Å². The molecule has 0 radical (unpaired) electrons. The lowest BCUT2D eigenvalue weighted by Crippen LogP contribution is -1.94. The van der Waals surface area contributed by atoms with Crippen LogP contribution in [-0.4, -0.2) is 16.1 Å². The van der Waals surface area contributed by atoms with Gasteiger partial charge in [-0.1, -0.05) is 11.6 Å². The quantitative estimate of drug-likeness (QED) is 0.775. The molecule has 0 aliphatic carbocycles. The van der Waals surface area contributed by atoms with Gasteiger partial charge in [-0.15, -0.1) is 0 Å². The predicted molar refractivity (Wildman–Crippen MR) is 71.4 cm³/mol. The van der Waals surface area contributed by atoms with E-state index >= 15 is 0 Å². The van der Waals surface area contributed by atoms with Gasteiger partial charge in [0.2, 0.25) is 5.89 Å². The lowest BCUT2D eigenvalue weighted by molar-refractivity contribution is 0.0697. The minimum absolute atomic E-state index is 0.0315. The highest BCUT2D eigenvalue weighted by Crippen LogP contribution is 2.27. The Morgan fingerprint density at radius 2 is 2.05 bits per heavy atom. The van der Waals surface area contributed by atoms with Crippen molar-refractivity contribution in [3.05, 3.63) is 52.8 Å². The monoisotopic (exact) mass is 291 g/mol. The molecule has 3 aromatic rings. The molecule has 0 fully saturated rings. The van der Waals surface area contributed by atoms with Crippen LogP contribution < -0.4 is 0 Å². The second-order valence-electron chi connectivity index (χ2n) is 4.14. The number of carboxylic acids is 1. The fourth-order valence-electron chi connectivity index (χ4n) is 1.81. The molecule has 4 nitrogen and oxygen atoms in total. The number of nitrogens with zero attached hydrogens (tertiary/aromatic N) is 1. The molecule has 0 aliphatic heterocycles. The van der Waals surface area contributed by atoms with Crippen LogP contribution in [0.3, 0.4) is 0 Å². The van der Waals surface area contributed by atoms with Crippen LogP contribution >= 0.6 is 11.6 Å². The number of hydrogen-bond donors (Lipinski definition) is 1. The van der Waals surface area contributed by atoms with E-state index in [1.165, 1.54) is 36.4 Å². The number of fused-ring (bicyclic) bond motifs is 1. The summed E-state index contributed by atoms with van der Waals surface area (Å²) in [5.74, 6) is -1.31. The van der Waals surface area contributed by atoms with Crippen LogP contribution in [-0.2, 0) is 0 Å². The summed E-state index contributed by atoms with van der Waals surface area (Å²) in [4.78, 5) is 15.1. The first-order chi connectivity index (χ1) is 9.54. The van der Waals surface area contributed by atoms with Crippen molar-refractivity contribution in [2.75, 3.05) is 0 Å². The van der Waals surface area contributed by atoms with Crippen molar-refractivity contribution in [3.8, 4) is 11.5 Å². The van der Waals surface area contributed by atoms with Gasteiger partial charge in [-0.2, -0.15) is 0 Å². The second-order valence-corrected chi connectivity index (χ2v) is 4.54. The van der Waals surface area contributed by atoms with Crippen LogP contribution in [0.5, 0.6) is 0 Å². The average Bonchev–Trinajstić information content (AvgIpc) is 2.84. The van der Waals surface area contributed by atoms with E-state index < -0.39 is 11.8 Å². The molecule has 0 bridgehead atoms. The Morgan fingerprint density at radius 3 is 2.75 bits per heavy atom. The Kier molecular flexibility index (Phi) is 2.91. The normalized spacial score (nSPS) is 10.9. The summed E-state index contributed by atoms with van der Waals surface area (Å²) in [6.45, 7) is 0. The van der Waals surface area contributed by atoms with Gasteiger partial charge < -0.3 is 9.52 Å². The number of benzene rings is 2. The van der Waals surface area contributed by atoms with E-state index in [0.717, 1.165) is 0 Å². The summed E-state index contributed by atoms with van der Waals surface area (Å²) in [7, 11) is 0. The van der Waals surface area contributed by atoms with Crippen LogP contribution in [0.1, 0.15) is 10.4 Å². The van der Waals surface area contributed by atoms with Gasteiger partial charge in [-0.25, -0.2) is 14.2 Å². The zero-order chi connectivity index (χ0) is 14.3. The zero-order valence-corrected chi connectivity index (χ0v) is 10.7. The van der Waals surface area contributed by atoms with Crippen molar-refractivity contribution in [2.45, 2.75) is 0 Å². The highest BCUT2D eigenvalue weighted by molar-refractivity contribution is 6.31. The van der Waals surface area contributed by atoms with Gasteiger partial charge in [-0.05, 0) is 36.4 Å². The molecule has 2 aromatic carbocycles. The third-order valence-corrected chi connectivity index (χ3v) is 3.09. The van der Waals surface area contributed by atoms with Gasteiger partial charge in [0.1, 0.15) is 11.3 Å². The van der Waals surface area contributed by atoms with Gasteiger partial charge in [0.15, 0.2) is 5.58 Å². The Bertz CT molecular complexity index is 828. The molecule has 0 unspecified atom stereocenters. The molecule has 1 heterocycles. The lowest BCUT2D eigenvalue weighted by Gasteiger charge is -1.97. The topological polar surface area (TPSA) is 63.3 Å². The third kappa shape index (κ3) is 2.12. The molecule has 0 aliphatic rings. The van der Waals surface area contributed by atoms with Crippen molar-refractivity contribution in [2.24, 2.45) is 0 Å². The zero-order valence-electron chi connectivity index (χ0n) is 9.93. The summed E-state index contributed by atoms with van der Waals surface area (Å²) in [5, 5.41) is 8.89. The first-order valence-electron chi connectivity index (χ1n) is 5.64. The van der Waals surface area contributed by atoms with Crippen molar-refractivity contribution in [1.29, 1.82) is 0 Å². The number of carbonyl (C=O) groups is 1. The number of aromatic carboxylic acids is 1. The van der Waals surface area contributed by atoms with Crippen molar-refractivity contribution < 1.29 is 18.7 Å². The van der Waals surface area contributed by atoms with E-state index in [0.29, 0.717) is 16.7 Å². The summed E-state index contributed by atoms with van der Waals surface area (Å²) >= 11 is 5.71. The third-order valence-electron chi connectivity index (χ3n) is 2.80. The number of halogens is 2. The molecule has 100 valence electrons. The van der Waals surface area contributed by atoms with E-state index in [-0.39, 0.29) is 16.5 Å². The first kappa shape index (κ1) is 12.6. The number of aromatic nitrogens is 1. The van der Waals surface area contributed by atoms with Gasteiger partial charge >= 0.3 is 5.97 Å². The molecule has 20 heavy (non-hydrogen) atoms. The average molecular weight is 292 g/mol. The summed E-state index contributed by atoms with van der Waals surface area (Å²) in [6.07, 6.45) is 0. The standard InChI is InChI=1S/C14H7ClFNO3/c15-9-5-7(1-3-10(9)16)13-17-11-6-8(14(18)19)2-4-12(11)20-13/h1-6H,(H,18,19). The summed E-state index contributed by atoms with van der Waals surface area (Å²) in [5.41, 5.74) is 1.50. The largest absolute Gasteiger partial charge is 0.478 e. The SMILES string of the molecule is O=C(O)c1ccc2oc(-c3ccc(F)c(Cl)c3)nc2c1. The molecular weight excluding hydrogens is 285 g/mol. The fourth-order valence-corrected chi connectivity index (χ4v) is 1.99. The molecule has 0 spiro atoms. The molecule has 3 rings (SSSR count).